The van der Waals surface area contributed by atoms with Gasteiger partial charge in [0.25, 0.3) is 0 Å². The van der Waals surface area contributed by atoms with Gasteiger partial charge in [0.15, 0.2) is 0 Å². The van der Waals surface area contributed by atoms with Gasteiger partial charge in [0, 0.05) is 19.0 Å². The third kappa shape index (κ3) is 3.00. The van der Waals surface area contributed by atoms with Crippen molar-refractivity contribution in [3.63, 3.8) is 0 Å². The number of fused-ring (bicyclic) bond motifs is 1. The molecule has 7 nitrogen and oxygen atoms in total. The van der Waals surface area contributed by atoms with Crippen LogP contribution in [0, 0.1) is 11.8 Å². The summed E-state index contributed by atoms with van der Waals surface area (Å²) >= 11 is 1.60. The Balaban J connectivity index is 2.09. The smallest absolute Gasteiger partial charge is 0.368 e. The fraction of sp³-hybridized carbons (Fsp3) is 0.526. The number of ether oxygens (including phenoxy) is 2. The number of likely N-dealkylation sites (tertiary alicyclic amines) is 1. The van der Waals surface area contributed by atoms with E-state index in [1.165, 1.54) is 14.2 Å². The van der Waals surface area contributed by atoms with E-state index in [9.17, 15) is 14.4 Å². The van der Waals surface area contributed by atoms with Gasteiger partial charge in [-0.05, 0) is 36.3 Å². The molecule has 1 aromatic carbocycles. The number of imide groups is 1. The largest absolute Gasteiger partial charge is 0.497 e. The highest BCUT2D eigenvalue weighted by Crippen LogP contribution is 2.45. The summed E-state index contributed by atoms with van der Waals surface area (Å²) in [6.07, 6.45) is 2.41. The molecule has 2 saturated heterocycles. The second-order valence-electron chi connectivity index (χ2n) is 6.98. The lowest BCUT2D eigenvalue weighted by Gasteiger charge is -2.28. The molecule has 2 fully saturated rings. The Hall–Kier alpha value is -2.06. The first-order valence-corrected chi connectivity index (χ1v) is 10.2. The number of quaternary nitrogens is 1. The first kappa shape index (κ1) is 19.7. The van der Waals surface area contributed by atoms with Crippen molar-refractivity contribution in [2.75, 3.05) is 33.3 Å². The van der Waals surface area contributed by atoms with Crippen LogP contribution in [-0.2, 0) is 19.1 Å². The molecule has 2 aliphatic heterocycles. The number of carbonyl (C=O) groups is 3. The highest BCUT2D eigenvalue weighted by molar-refractivity contribution is 7.98. The molecule has 0 aliphatic carbocycles. The maximum absolute atomic E-state index is 12.9. The zero-order chi connectivity index (χ0) is 19.8. The molecule has 0 spiro atoms. The van der Waals surface area contributed by atoms with Crippen molar-refractivity contribution in [3.05, 3.63) is 29.8 Å². The van der Waals surface area contributed by atoms with Crippen LogP contribution < -0.4 is 10.1 Å². The van der Waals surface area contributed by atoms with Crippen molar-refractivity contribution in [2.45, 2.75) is 18.0 Å². The van der Waals surface area contributed by atoms with Crippen LogP contribution >= 0.6 is 11.8 Å². The molecule has 0 radical (unpaired) electrons. The molecule has 4 atom stereocenters. The van der Waals surface area contributed by atoms with Crippen LogP contribution in [0.2, 0.25) is 0 Å². The maximum Gasteiger partial charge on any atom is 0.368 e. The highest BCUT2D eigenvalue weighted by atomic mass is 32.2. The molecule has 2 heterocycles. The Bertz CT molecular complexity index is 753. The summed E-state index contributed by atoms with van der Waals surface area (Å²) in [5, 5.41) is 1.88. The van der Waals surface area contributed by atoms with E-state index in [0.29, 0.717) is 17.9 Å². The predicted molar refractivity (Wildman–Crippen MR) is 100 cm³/mol. The number of nitrogens with zero attached hydrogens (tertiary/aromatic N) is 1. The van der Waals surface area contributed by atoms with Gasteiger partial charge < -0.3 is 14.8 Å². The lowest BCUT2D eigenvalue weighted by atomic mass is 9.78. The van der Waals surface area contributed by atoms with Gasteiger partial charge >= 0.3 is 5.97 Å². The molecule has 146 valence electrons. The van der Waals surface area contributed by atoms with Crippen LogP contribution in [0.4, 0.5) is 0 Å². The SMILES string of the molecule is COC(=O)[C@]1(CCSC)[NH2+][C@H](c2ccc(OC)cc2)[C@@H]2C(=O)N(C)C(=O)[C@H]21. The number of methoxy groups -OCH3 is 2. The second-order valence-corrected chi connectivity index (χ2v) is 7.96. The minimum absolute atomic E-state index is 0.239. The highest BCUT2D eigenvalue weighted by Gasteiger charge is 2.71. The standard InChI is InChI=1S/C19H24N2O5S/c1-21-16(22)13-14(17(21)23)19(9-10-27-4,18(24)26-3)20-15(13)11-5-7-12(25-2)8-6-11/h5-8,13-15,20H,9-10H2,1-4H3/p+1/t13-,14+,15-,19-/m1/s1. The number of thioether (sulfide) groups is 1. The van der Waals surface area contributed by atoms with Crippen LogP contribution in [0.5, 0.6) is 5.75 Å². The lowest BCUT2D eigenvalue weighted by molar-refractivity contribution is -0.734. The number of nitrogens with two attached hydrogens (primary N) is 1. The number of rotatable bonds is 6. The van der Waals surface area contributed by atoms with Crippen LogP contribution in [-0.4, -0.2) is 61.5 Å². The summed E-state index contributed by atoms with van der Waals surface area (Å²) in [4.78, 5) is 39.8. The fourth-order valence-electron chi connectivity index (χ4n) is 4.39. The first-order chi connectivity index (χ1) is 12.9. The van der Waals surface area contributed by atoms with Crippen molar-refractivity contribution < 1.29 is 29.2 Å². The van der Waals surface area contributed by atoms with Crippen LogP contribution in [0.3, 0.4) is 0 Å². The number of benzene rings is 1. The van der Waals surface area contributed by atoms with E-state index in [4.69, 9.17) is 9.47 Å². The molecule has 0 unspecified atom stereocenters. The first-order valence-electron chi connectivity index (χ1n) is 8.80. The van der Waals surface area contributed by atoms with Crippen molar-refractivity contribution in [2.24, 2.45) is 11.8 Å². The summed E-state index contributed by atoms with van der Waals surface area (Å²) < 4.78 is 10.3. The van der Waals surface area contributed by atoms with Gasteiger partial charge in [-0.25, -0.2) is 4.79 Å². The number of hydrogen-bond acceptors (Lipinski definition) is 6. The Kier molecular flexibility index (Phi) is 5.48. The maximum atomic E-state index is 12.9. The van der Waals surface area contributed by atoms with Gasteiger partial charge in [0.05, 0.1) is 14.2 Å². The molecule has 0 aromatic heterocycles. The predicted octanol–water partition coefficient (Wildman–Crippen LogP) is 0.209. The van der Waals surface area contributed by atoms with Gasteiger partial charge in [-0.15, -0.1) is 0 Å². The normalized spacial score (nSPS) is 29.8. The average molecular weight is 393 g/mol. The van der Waals surface area contributed by atoms with Crippen LogP contribution in [0.25, 0.3) is 0 Å². The van der Waals surface area contributed by atoms with Gasteiger partial charge in [-0.1, -0.05) is 0 Å². The van der Waals surface area contributed by atoms with E-state index in [-0.39, 0.29) is 17.9 Å². The van der Waals surface area contributed by atoms with Crippen molar-refractivity contribution >= 4 is 29.5 Å². The summed E-state index contributed by atoms with van der Waals surface area (Å²) in [5.74, 6) is -0.894. The van der Waals surface area contributed by atoms with E-state index < -0.39 is 23.3 Å². The van der Waals surface area contributed by atoms with E-state index in [1.807, 2.05) is 35.8 Å². The Labute approximate surface area is 162 Å². The number of amides is 2. The van der Waals surface area contributed by atoms with Gasteiger partial charge in [-0.3, -0.25) is 14.5 Å². The fourth-order valence-corrected chi connectivity index (χ4v) is 4.93. The van der Waals surface area contributed by atoms with Gasteiger partial charge in [-0.2, -0.15) is 11.8 Å². The van der Waals surface area contributed by atoms with Crippen LogP contribution in [0.15, 0.2) is 24.3 Å². The van der Waals surface area contributed by atoms with E-state index in [1.54, 1.807) is 18.9 Å². The minimum Gasteiger partial charge on any atom is -0.497 e. The molecular weight excluding hydrogens is 368 g/mol. The average Bonchev–Trinajstić information content (AvgIpc) is 3.16. The minimum atomic E-state index is -1.09. The molecule has 2 aliphatic rings. The molecule has 2 amide bonds. The van der Waals surface area contributed by atoms with E-state index >= 15 is 0 Å². The molecule has 3 rings (SSSR count). The van der Waals surface area contributed by atoms with Crippen molar-refractivity contribution in [1.29, 1.82) is 0 Å². The number of carbonyl (C=O) groups excluding carboxylic acids is 3. The Morgan fingerprint density at radius 2 is 1.89 bits per heavy atom. The molecule has 2 N–H and O–H groups in total. The number of esters is 1. The summed E-state index contributed by atoms with van der Waals surface area (Å²) in [6, 6.07) is 7.08. The monoisotopic (exact) mass is 393 g/mol. The zero-order valence-corrected chi connectivity index (χ0v) is 16.7. The summed E-state index contributed by atoms with van der Waals surface area (Å²) in [6.45, 7) is 0. The molecule has 27 heavy (non-hydrogen) atoms. The van der Waals surface area contributed by atoms with Gasteiger partial charge in [0.1, 0.15) is 23.6 Å². The quantitative estimate of drug-likeness (QED) is 0.549. The summed E-state index contributed by atoms with van der Waals surface area (Å²) in [5.41, 5.74) is -0.206. The molecule has 0 saturated carbocycles. The van der Waals surface area contributed by atoms with Crippen molar-refractivity contribution in [3.8, 4) is 5.75 Å². The second kappa shape index (κ2) is 7.52. The topological polar surface area (TPSA) is 89.5 Å². The number of hydrogen-bond donors (Lipinski definition) is 1. The van der Waals surface area contributed by atoms with E-state index in [2.05, 4.69) is 0 Å². The van der Waals surface area contributed by atoms with Crippen LogP contribution in [0.1, 0.15) is 18.0 Å². The third-order valence-corrected chi connectivity index (χ3v) is 6.39. The molecule has 1 aromatic rings. The van der Waals surface area contributed by atoms with Crippen molar-refractivity contribution in [1.82, 2.24) is 4.90 Å². The lowest BCUT2D eigenvalue weighted by Crippen LogP contribution is -2.98. The molecule has 8 heteroatoms. The third-order valence-electron chi connectivity index (χ3n) is 5.78. The van der Waals surface area contributed by atoms with Gasteiger partial charge in [0.2, 0.25) is 17.4 Å². The van der Waals surface area contributed by atoms with E-state index in [0.717, 1.165) is 10.5 Å². The molecule has 0 bridgehead atoms. The zero-order valence-electron chi connectivity index (χ0n) is 15.9. The Morgan fingerprint density at radius 1 is 1.22 bits per heavy atom. The molecular formula is C19H25N2O5S+. The summed E-state index contributed by atoms with van der Waals surface area (Å²) in [7, 11) is 4.41. The Morgan fingerprint density at radius 3 is 2.44 bits per heavy atom.